The van der Waals surface area contributed by atoms with E-state index in [2.05, 4.69) is 15.1 Å². The lowest BCUT2D eigenvalue weighted by Gasteiger charge is -2.25. The summed E-state index contributed by atoms with van der Waals surface area (Å²) in [6.07, 6.45) is 5.86. The minimum atomic E-state index is 0.826. The third kappa shape index (κ3) is 3.59. The highest BCUT2D eigenvalue weighted by atomic mass is 16.3. The smallest absolute Gasteiger partial charge is 0.117 e. The van der Waals surface area contributed by atoms with Gasteiger partial charge in [-0.2, -0.15) is 0 Å². The van der Waals surface area contributed by atoms with E-state index in [1.54, 1.807) is 6.26 Å². The molecule has 1 aromatic rings. The average Bonchev–Trinajstić information content (AvgIpc) is 3.04. The predicted molar refractivity (Wildman–Crippen MR) is 76.1 cm³/mol. The van der Waals surface area contributed by atoms with E-state index < -0.39 is 0 Å². The van der Waals surface area contributed by atoms with Crippen molar-refractivity contribution in [1.29, 1.82) is 0 Å². The molecule has 1 N–H and O–H groups in total. The lowest BCUT2D eigenvalue weighted by molar-refractivity contribution is 0.220. The van der Waals surface area contributed by atoms with Gasteiger partial charge in [-0.25, -0.2) is 0 Å². The van der Waals surface area contributed by atoms with Gasteiger partial charge in [0, 0.05) is 25.7 Å². The van der Waals surface area contributed by atoms with Crippen LogP contribution in [0.15, 0.2) is 22.8 Å². The van der Waals surface area contributed by atoms with Gasteiger partial charge in [-0.05, 0) is 51.0 Å². The Labute approximate surface area is 115 Å². The van der Waals surface area contributed by atoms with Gasteiger partial charge in [-0.1, -0.05) is 0 Å². The van der Waals surface area contributed by atoms with Gasteiger partial charge in [-0.3, -0.25) is 4.90 Å². The molecule has 3 heterocycles. The van der Waals surface area contributed by atoms with Crippen LogP contribution >= 0.6 is 0 Å². The van der Waals surface area contributed by atoms with Crippen molar-refractivity contribution in [3.63, 3.8) is 0 Å². The highest BCUT2D eigenvalue weighted by Crippen LogP contribution is 2.20. The van der Waals surface area contributed by atoms with Gasteiger partial charge in [0.05, 0.1) is 12.8 Å². The molecule has 0 aromatic carbocycles. The van der Waals surface area contributed by atoms with Crippen molar-refractivity contribution in [3.8, 4) is 0 Å². The first-order valence-electron chi connectivity index (χ1n) is 7.61. The van der Waals surface area contributed by atoms with Gasteiger partial charge < -0.3 is 14.6 Å². The number of hydrogen-bond acceptors (Lipinski definition) is 4. The fraction of sp³-hybridized carbons (Fsp3) is 0.733. The summed E-state index contributed by atoms with van der Waals surface area (Å²) >= 11 is 0. The van der Waals surface area contributed by atoms with Crippen LogP contribution in [0.1, 0.15) is 25.0 Å². The van der Waals surface area contributed by atoms with Crippen molar-refractivity contribution in [2.45, 2.75) is 31.8 Å². The second-order valence-electron chi connectivity index (χ2n) is 5.74. The molecule has 2 aliphatic heterocycles. The zero-order valence-corrected chi connectivity index (χ0v) is 11.7. The van der Waals surface area contributed by atoms with Crippen molar-refractivity contribution in [2.75, 3.05) is 39.3 Å². The summed E-state index contributed by atoms with van der Waals surface area (Å²) in [5.41, 5.74) is 0. The molecule has 4 nitrogen and oxygen atoms in total. The zero-order chi connectivity index (χ0) is 12.9. The maximum atomic E-state index is 5.32. The van der Waals surface area contributed by atoms with Gasteiger partial charge in [-0.15, -0.1) is 0 Å². The first-order chi connectivity index (χ1) is 9.42. The van der Waals surface area contributed by atoms with Crippen LogP contribution in [0.4, 0.5) is 0 Å². The molecular formula is C15H25N3O. The highest BCUT2D eigenvalue weighted by molar-refractivity contribution is 4.97. The Balaban J connectivity index is 1.37. The SMILES string of the molecule is c1coc(CNCCN2CCCN3CCCC3C2)c1. The fourth-order valence-corrected chi connectivity index (χ4v) is 3.35. The second kappa shape index (κ2) is 6.55. The maximum Gasteiger partial charge on any atom is 0.117 e. The summed E-state index contributed by atoms with van der Waals surface area (Å²) in [4.78, 5) is 5.32. The predicted octanol–water partition coefficient (Wildman–Crippen LogP) is 1.54. The van der Waals surface area contributed by atoms with Crippen LogP contribution in [-0.2, 0) is 6.54 Å². The number of fused-ring (bicyclic) bond motifs is 1. The average molecular weight is 263 g/mol. The van der Waals surface area contributed by atoms with Crippen LogP contribution in [0.2, 0.25) is 0 Å². The topological polar surface area (TPSA) is 31.7 Å². The first-order valence-corrected chi connectivity index (χ1v) is 7.61. The van der Waals surface area contributed by atoms with E-state index >= 15 is 0 Å². The molecule has 2 aliphatic rings. The van der Waals surface area contributed by atoms with Gasteiger partial charge in [0.2, 0.25) is 0 Å². The van der Waals surface area contributed by atoms with Gasteiger partial charge in [0.25, 0.3) is 0 Å². The van der Waals surface area contributed by atoms with Crippen LogP contribution in [0.3, 0.4) is 0 Å². The third-order valence-corrected chi connectivity index (χ3v) is 4.37. The van der Waals surface area contributed by atoms with Gasteiger partial charge in [0.1, 0.15) is 5.76 Å². The Morgan fingerprint density at radius 2 is 2.21 bits per heavy atom. The number of rotatable bonds is 5. The van der Waals surface area contributed by atoms with Crippen molar-refractivity contribution < 1.29 is 4.42 Å². The monoisotopic (exact) mass is 263 g/mol. The summed E-state index contributed by atoms with van der Waals surface area (Å²) in [7, 11) is 0. The van der Waals surface area contributed by atoms with Crippen LogP contribution in [0.25, 0.3) is 0 Å². The normalized spacial score (nSPS) is 25.4. The van der Waals surface area contributed by atoms with Crippen molar-refractivity contribution in [3.05, 3.63) is 24.2 Å². The lowest BCUT2D eigenvalue weighted by atomic mass is 10.2. The Hall–Kier alpha value is -0.840. The van der Waals surface area contributed by atoms with E-state index in [4.69, 9.17) is 4.42 Å². The van der Waals surface area contributed by atoms with E-state index in [1.165, 1.54) is 45.4 Å². The molecule has 3 rings (SSSR count). The number of nitrogens with zero attached hydrogens (tertiary/aromatic N) is 2. The fourth-order valence-electron chi connectivity index (χ4n) is 3.35. The van der Waals surface area contributed by atoms with Crippen LogP contribution in [-0.4, -0.2) is 55.1 Å². The molecule has 1 unspecified atom stereocenters. The van der Waals surface area contributed by atoms with Crippen molar-refractivity contribution >= 4 is 0 Å². The van der Waals surface area contributed by atoms with E-state index in [0.717, 1.165) is 31.4 Å². The highest BCUT2D eigenvalue weighted by Gasteiger charge is 2.28. The Morgan fingerprint density at radius 3 is 3.11 bits per heavy atom. The molecule has 1 atom stereocenters. The summed E-state index contributed by atoms with van der Waals surface area (Å²) in [6.45, 7) is 8.21. The van der Waals surface area contributed by atoms with Crippen LogP contribution < -0.4 is 5.32 Å². The minimum absolute atomic E-state index is 0.826. The lowest BCUT2D eigenvalue weighted by Crippen LogP contribution is -2.39. The van der Waals surface area contributed by atoms with E-state index in [1.807, 2.05) is 12.1 Å². The minimum Gasteiger partial charge on any atom is -0.468 e. The Kier molecular flexibility index (Phi) is 4.53. The zero-order valence-electron chi connectivity index (χ0n) is 11.7. The van der Waals surface area contributed by atoms with Gasteiger partial charge in [0.15, 0.2) is 0 Å². The summed E-state index contributed by atoms with van der Waals surface area (Å²) in [5, 5.41) is 3.47. The molecule has 1 aromatic heterocycles. The molecule has 4 heteroatoms. The standard InChI is InChI=1S/C15H25N3O/c1-4-14-13-17(7-3-9-18(14)8-1)10-6-16-12-15-5-2-11-19-15/h2,5,11,14,16H,1,3-4,6-10,12-13H2. The van der Waals surface area contributed by atoms with E-state index in [9.17, 15) is 0 Å². The Bertz CT molecular complexity index is 365. The summed E-state index contributed by atoms with van der Waals surface area (Å²) in [5.74, 6) is 1.03. The molecule has 0 saturated carbocycles. The van der Waals surface area contributed by atoms with Crippen LogP contribution in [0, 0.1) is 0 Å². The molecule has 2 saturated heterocycles. The first kappa shape index (κ1) is 13.2. The third-order valence-electron chi connectivity index (χ3n) is 4.37. The molecule has 0 bridgehead atoms. The van der Waals surface area contributed by atoms with Crippen molar-refractivity contribution in [1.82, 2.24) is 15.1 Å². The summed E-state index contributed by atoms with van der Waals surface area (Å²) < 4.78 is 5.32. The number of furan rings is 1. The molecule has 2 fully saturated rings. The quantitative estimate of drug-likeness (QED) is 0.817. The van der Waals surface area contributed by atoms with Gasteiger partial charge >= 0.3 is 0 Å². The largest absolute Gasteiger partial charge is 0.468 e. The molecule has 0 aliphatic carbocycles. The number of hydrogen-bond donors (Lipinski definition) is 1. The van der Waals surface area contributed by atoms with Crippen LogP contribution in [0.5, 0.6) is 0 Å². The molecule has 106 valence electrons. The number of nitrogens with one attached hydrogen (secondary N) is 1. The molecule has 0 amide bonds. The summed E-state index contributed by atoms with van der Waals surface area (Å²) in [6, 6.07) is 4.79. The molecule has 0 radical (unpaired) electrons. The molecule has 0 spiro atoms. The maximum absolute atomic E-state index is 5.32. The van der Waals surface area contributed by atoms with E-state index in [0.29, 0.717) is 0 Å². The van der Waals surface area contributed by atoms with E-state index in [-0.39, 0.29) is 0 Å². The molecular weight excluding hydrogens is 238 g/mol. The second-order valence-corrected chi connectivity index (χ2v) is 5.74. The van der Waals surface area contributed by atoms with Crippen molar-refractivity contribution in [2.24, 2.45) is 0 Å². The molecule has 19 heavy (non-hydrogen) atoms. The Morgan fingerprint density at radius 1 is 1.26 bits per heavy atom.